The van der Waals surface area contributed by atoms with Crippen LogP contribution in [-0.4, -0.2) is 21.5 Å². The molecule has 0 aliphatic rings. The molecule has 0 radical (unpaired) electrons. The fraction of sp³-hybridized carbons (Fsp3) is 0.538. The molecule has 2 aromatic rings. The minimum atomic E-state index is 0.273. The molecule has 2 rings (SSSR count). The number of hydrogen-bond acceptors (Lipinski definition) is 4. The average Bonchev–Trinajstić information content (AvgIpc) is 3.01. The van der Waals surface area contributed by atoms with Gasteiger partial charge in [-0.3, -0.25) is 4.68 Å². The monoisotopic (exact) mass is 248 g/mol. The van der Waals surface area contributed by atoms with E-state index < -0.39 is 0 Å². The largest absolute Gasteiger partial charge is 0.469 e. The number of furan rings is 1. The van der Waals surface area contributed by atoms with Gasteiger partial charge in [0.05, 0.1) is 24.2 Å². The summed E-state index contributed by atoms with van der Waals surface area (Å²) in [7, 11) is 1.93. The van der Waals surface area contributed by atoms with Gasteiger partial charge in [0.15, 0.2) is 0 Å². The summed E-state index contributed by atoms with van der Waals surface area (Å²) in [6.07, 6.45) is 6.56. The molecule has 2 aromatic heterocycles. The third kappa shape index (κ3) is 3.20. The molecule has 0 saturated heterocycles. The molecule has 2 heterocycles. The molecule has 1 N–H and O–H groups in total. The predicted octanol–water partition coefficient (Wildman–Crippen LogP) is 2.08. The minimum absolute atomic E-state index is 0.273. The van der Waals surface area contributed by atoms with Crippen molar-refractivity contribution >= 4 is 0 Å². The third-order valence-electron chi connectivity index (χ3n) is 3.01. The zero-order valence-corrected chi connectivity index (χ0v) is 11.0. The lowest BCUT2D eigenvalue weighted by Crippen LogP contribution is -2.24. The molecule has 5 heteroatoms. The van der Waals surface area contributed by atoms with Crippen molar-refractivity contribution < 1.29 is 4.42 Å². The van der Waals surface area contributed by atoms with E-state index >= 15 is 0 Å². The van der Waals surface area contributed by atoms with E-state index in [-0.39, 0.29) is 6.04 Å². The summed E-state index contributed by atoms with van der Waals surface area (Å²) in [5.74, 6) is 1.02. The highest BCUT2D eigenvalue weighted by Gasteiger charge is 2.15. The SMILES string of the molecule is CCCNC(CCc1ccco1)c1cnnn1C. The molecule has 1 unspecified atom stereocenters. The van der Waals surface area contributed by atoms with Gasteiger partial charge in [0.25, 0.3) is 0 Å². The number of nitrogens with one attached hydrogen (secondary N) is 1. The second-order valence-electron chi connectivity index (χ2n) is 4.41. The van der Waals surface area contributed by atoms with Gasteiger partial charge in [0, 0.05) is 13.5 Å². The van der Waals surface area contributed by atoms with Gasteiger partial charge in [-0.05, 0) is 31.5 Å². The summed E-state index contributed by atoms with van der Waals surface area (Å²) < 4.78 is 7.20. The Morgan fingerprint density at radius 1 is 1.50 bits per heavy atom. The van der Waals surface area contributed by atoms with E-state index in [1.165, 1.54) is 0 Å². The Balaban J connectivity index is 1.99. The van der Waals surface area contributed by atoms with Crippen molar-refractivity contribution in [2.45, 2.75) is 32.2 Å². The van der Waals surface area contributed by atoms with Crippen LogP contribution in [0.3, 0.4) is 0 Å². The molecule has 0 bridgehead atoms. The van der Waals surface area contributed by atoms with Crippen LogP contribution < -0.4 is 5.32 Å². The normalized spacial score (nSPS) is 12.8. The van der Waals surface area contributed by atoms with Crippen molar-refractivity contribution in [2.24, 2.45) is 7.05 Å². The van der Waals surface area contributed by atoms with Gasteiger partial charge in [-0.2, -0.15) is 0 Å². The van der Waals surface area contributed by atoms with Gasteiger partial charge in [-0.1, -0.05) is 12.1 Å². The maximum atomic E-state index is 5.37. The first-order valence-corrected chi connectivity index (χ1v) is 6.41. The van der Waals surface area contributed by atoms with Crippen LogP contribution in [0, 0.1) is 0 Å². The topological polar surface area (TPSA) is 55.9 Å². The number of nitrogens with zero attached hydrogens (tertiary/aromatic N) is 3. The molecule has 0 fully saturated rings. The second-order valence-corrected chi connectivity index (χ2v) is 4.41. The third-order valence-corrected chi connectivity index (χ3v) is 3.01. The lowest BCUT2D eigenvalue weighted by molar-refractivity contribution is 0.436. The molecule has 0 aliphatic heterocycles. The molecule has 0 aliphatic carbocycles. The zero-order valence-electron chi connectivity index (χ0n) is 11.0. The van der Waals surface area contributed by atoms with E-state index in [1.54, 1.807) is 6.26 Å². The van der Waals surface area contributed by atoms with Crippen molar-refractivity contribution in [2.75, 3.05) is 6.54 Å². The first-order chi connectivity index (χ1) is 8.81. The maximum absolute atomic E-state index is 5.37. The second kappa shape index (κ2) is 6.35. The highest BCUT2D eigenvalue weighted by molar-refractivity contribution is 5.04. The Labute approximate surface area is 107 Å². The smallest absolute Gasteiger partial charge is 0.103 e. The summed E-state index contributed by atoms with van der Waals surface area (Å²) in [4.78, 5) is 0. The molecule has 18 heavy (non-hydrogen) atoms. The van der Waals surface area contributed by atoms with Gasteiger partial charge < -0.3 is 9.73 Å². The maximum Gasteiger partial charge on any atom is 0.103 e. The van der Waals surface area contributed by atoms with Crippen LogP contribution >= 0.6 is 0 Å². The van der Waals surface area contributed by atoms with E-state index in [0.29, 0.717) is 0 Å². The summed E-state index contributed by atoms with van der Waals surface area (Å²) in [6.45, 7) is 3.16. The van der Waals surface area contributed by atoms with Crippen molar-refractivity contribution in [3.63, 3.8) is 0 Å². The van der Waals surface area contributed by atoms with E-state index in [2.05, 4.69) is 22.6 Å². The number of aromatic nitrogens is 3. The highest BCUT2D eigenvalue weighted by atomic mass is 16.3. The molecular formula is C13H20N4O. The zero-order chi connectivity index (χ0) is 12.8. The fourth-order valence-corrected chi connectivity index (χ4v) is 2.03. The van der Waals surface area contributed by atoms with Gasteiger partial charge in [-0.15, -0.1) is 5.10 Å². The Hall–Kier alpha value is -1.62. The van der Waals surface area contributed by atoms with Crippen LogP contribution in [-0.2, 0) is 13.5 Å². The summed E-state index contributed by atoms with van der Waals surface area (Å²) in [5.41, 5.74) is 1.12. The highest BCUT2D eigenvalue weighted by Crippen LogP contribution is 2.18. The van der Waals surface area contributed by atoms with Crippen molar-refractivity contribution in [1.82, 2.24) is 20.3 Å². The van der Waals surface area contributed by atoms with E-state index in [4.69, 9.17) is 4.42 Å². The van der Waals surface area contributed by atoms with Gasteiger partial charge in [0.1, 0.15) is 5.76 Å². The van der Waals surface area contributed by atoms with E-state index in [0.717, 1.165) is 37.3 Å². The van der Waals surface area contributed by atoms with Gasteiger partial charge >= 0.3 is 0 Å². The molecule has 1 atom stereocenters. The standard InChI is InChI=1S/C13H20N4O/c1-3-8-14-12(13-10-15-16-17(13)2)7-6-11-5-4-9-18-11/h4-5,9-10,12,14H,3,6-8H2,1-2H3. The first kappa shape index (κ1) is 12.8. The predicted molar refractivity (Wildman–Crippen MR) is 69.1 cm³/mol. The number of hydrogen-bond donors (Lipinski definition) is 1. The Morgan fingerprint density at radius 2 is 2.39 bits per heavy atom. The minimum Gasteiger partial charge on any atom is -0.469 e. The summed E-state index contributed by atoms with van der Waals surface area (Å²) in [5, 5.41) is 11.5. The molecule has 0 saturated carbocycles. The van der Waals surface area contributed by atoms with Crippen LogP contribution in [0.25, 0.3) is 0 Å². The van der Waals surface area contributed by atoms with Crippen LogP contribution in [0.5, 0.6) is 0 Å². The molecule has 0 spiro atoms. The van der Waals surface area contributed by atoms with Crippen LogP contribution in [0.1, 0.15) is 37.3 Å². The molecule has 0 aromatic carbocycles. The molecule has 98 valence electrons. The summed E-state index contributed by atoms with van der Waals surface area (Å²) >= 11 is 0. The molecular weight excluding hydrogens is 228 g/mol. The van der Waals surface area contributed by atoms with Crippen molar-refractivity contribution in [1.29, 1.82) is 0 Å². The Kier molecular flexibility index (Phi) is 4.52. The molecule has 5 nitrogen and oxygen atoms in total. The van der Waals surface area contributed by atoms with E-state index in [9.17, 15) is 0 Å². The number of aryl methyl sites for hydroxylation is 2. The van der Waals surface area contributed by atoms with Gasteiger partial charge in [0.2, 0.25) is 0 Å². The first-order valence-electron chi connectivity index (χ1n) is 6.41. The Morgan fingerprint density at radius 3 is 3.00 bits per heavy atom. The van der Waals surface area contributed by atoms with Crippen LogP contribution in [0.4, 0.5) is 0 Å². The summed E-state index contributed by atoms with van der Waals surface area (Å²) in [6, 6.07) is 4.21. The van der Waals surface area contributed by atoms with Crippen molar-refractivity contribution in [3.8, 4) is 0 Å². The Bertz CT molecular complexity index is 449. The van der Waals surface area contributed by atoms with Gasteiger partial charge in [-0.25, -0.2) is 0 Å². The fourth-order valence-electron chi connectivity index (χ4n) is 2.03. The molecule has 0 amide bonds. The quantitative estimate of drug-likeness (QED) is 0.815. The van der Waals surface area contributed by atoms with E-state index in [1.807, 2.05) is 30.1 Å². The lowest BCUT2D eigenvalue weighted by Gasteiger charge is -2.17. The lowest BCUT2D eigenvalue weighted by atomic mass is 10.1. The van der Waals surface area contributed by atoms with Crippen molar-refractivity contribution in [3.05, 3.63) is 36.0 Å². The van der Waals surface area contributed by atoms with Crippen LogP contribution in [0.2, 0.25) is 0 Å². The number of rotatable bonds is 7. The van der Waals surface area contributed by atoms with Crippen LogP contribution in [0.15, 0.2) is 29.0 Å². The average molecular weight is 248 g/mol.